The van der Waals surface area contributed by atoms with Crippen molar-refractivity contribution in [1.82, 2.24) is 9.88 Å². The van der Waals surface area contributed by atoms with Crippen LogP contribution in [-0.4, -0.2) is 49.2 Å². The number of rotatable bonds is 7. The van der Waals surface area contributed by atoms with Crippen molar-refractivity contribution in [3.8, 4) is 16.3 Å². The lowest BCUT2D eigenvalue weighted by Gasteiger charge is -2.26. The number of amides is 1. The number of hydrogen-bond acceptors (Lipinski definition) is 6. The molecule has 3 aromatic rings. The van der Waals surface area contributed by atoms with E-state index in [1.165, 1.54) is 5.56 Å². The normalized spacial score (nSPS) is 14.4. The van der Waals surface area contributed by atoms with Gasteiger partial charge in [0, 0.05) is 42.3 Å². The molecule has 1 aliphatic heterocycles. The molecule has 0 saturated carbocycles. The molecular formula is C23H25N3O3S. The van der Waals surface area contributed by atoms with Gasteiger partial charge in [0.15, 0.2) is 0 Å². The fourth-order valence-electron chi connectivity index (χ4n) is 3.41. The van der Waals surface area contributed by atoms with Crippen LogP contribution in [0.25, 0.3) is 10.6 Å². The number of aromatic nitrogens is 1. The highest BCUT2D eigenvalue weighted by Gasteiger charge is 2.13. The molecule has 156 valence electrons. The SMILES string of the molecule is COc1cccc(NC(=O)Cc2csc(-c3cccc(CN4CCOCC4)c3)n2)c1. The van der Waals surface area contributed by atoms with Gasteiger partial charge in [-0.05, 0) is 23.8 Å². The van der Waals surface area contributed by atoms with Gasteiger partial charge in [-0.15, -0.1) is 11.3 Å². The quantitative estimate of drug-likeness (QED) is 0.626. The van der Waals surface area contributed by atoms with E-state index >= 15 is 0 Å². The van der Waals surface area contributed by atoms with Crippen molar-refractivity contribution in [1.29, 1.82) is 0 Å². The van der Waals surface area contributed by atoms with Crippen LogP contribution in [0.4, 0.5) is 5.69 Å². The van der Waals surface area contributed by atoms with Crippen LogP contribution in [0.15, 0.2) is 53.9 Å². The van der Waals surface area contributed by atoms with Crippen LogP contribution >= 0.6 is 11.3 Å². The molecule has 2 heterocycles. The third-order valence-corrected chi connectivity index (χ3v) is 5.87. The number of anilines is 1. The molecule has 6 nitrogen and oxygen atoms in total. The van der Waals surface area contributed by atoms with Gasteiger partial charge in [-0.1, -0.05) is 24.3 Å². The number of benzene rings is 2. The van der Waals surface area contributed by atoms with Crippen LogP contribution in [0.3, 0.4) is 0 Å². The standard InChI is InChI=1S/C23H25N3O3S/c1-28-21-7-3-6-19(13-21)24-22(27)14-20-16-30-23(25-20)18-5-2-4-17(12-18)15-26-8-10-29-11-9-26/h2-7,12-13,16H,8-11,14-15H2,1H3,(H,24,27). The van der Waals surface area contributed by atoms with E-state index in [1.54, 1.807) is 24.5 Å². The zero-order chi connectivity index (χ0) is 20.8. The summed E-state index contributed by atoms with van der Waals surface area (Å²) in [5.74, 6) is 0.613. The highest BCUT2D eigenvalue weighted by atomic mass is 32.1. The van der Waals surface area contributed by atoms with Gasteiger partial charge >= 0.3 is 0 Å². The summed E-state index contributed by atoms with van der Waals surface area (Å²) in [6.07, 6.45) is 0.237. The van der Waals surface area contributed by atoms with Crippen molar-refractivity contribution in [2.45, 2.75) is 13.0 Å². The zero-order valence-electron chi connectivity index (χ0n) is 17.0. The molecule has 0 radical (unpaired) electrons. The second-order valence-electron chi connectivity index (χ2n) is 7.19. The third kappa shape index (κ3) is 5.44. The van der Waals surface area contributed by atoms with Crippen molar-refractivity contribution >= 4 is 22.9 Å². The Balaban J connectivity index is 1.38. The first-order valence-electron chi connectivity index (χ1n) is 9.97. The summed E-state index contributed by atoms with van der Waals surface area (Å²) in [7, 11) is 1.60. The fourth-order valence-corrected chi connectivity index (χ4v) is 4.23. The average molecular weight is 424 g/mol. The first-order valence-corrected chi connectivity index (χ1v) is 10.9. The summed E-state index contributed by atoms with van der Waals surface area (Å²) in [5, 5.41) is 5.79. The van der Waals surface area contributed by atoms with E-state index < -0.39 is 0 Å². The Kier molecular flexibility index (Phi) is 6.74. The molecule has 2 aromatic carbocycles. The summed E-state index contributed by atoms with van der Waals surface area (Å²) in [4.78, 5) is 19.5. The lowest BCUT2D eigenvalue weighted by Crippen LogP contribution is -2.35. The maximum absolute atomic E-state index is 12.4. The monoisotopic (exact) mass is 423 g/mol. The van der Waals surface area contributed by atoms with Crippen molar-refractivity contribution in [3.63, 3.8) is 0 Å². The van der Waals surface area contributed by atoms with Gasteiger partial charge in [0.1, 0.15) is 10.8 Å². The minimum absolute atomic E-state index is 0.0961. The van der Waals surface area contributed by atoms with Gasteiger partial charge in [0.2, 0.25) is 5.91 Å². The van der Waals surface area contributed by atoms with Gasteiger partial charge in [0.05, 0.1) is 32.4 Å². The highest BCUT2D eigenvalue weighted by molar-refractivity contribution is 7.13. The Morgan fingerprint density at radius 2 is 2.03 bits per heavy atom. The predicted molar refractivity (Wildman–Crippen MR) is 119 cm³/mol. The smallest absolute Gasteiger partial charge is 0.230 e. The molecule has 0 bridgehead atoms. The number of carbonyl (C=O) groups is 1. The van der Waals surface area contributed by atoms with Gasteiger partial charge in [-0.2, -0.15) is 0 Å². The topological polar surface area (TPSA) is 63.7 Å². The number of ether oxygens (including phenoxy) is 2. The second-order valence-corrected chi connectivity index (χ2v) is 8.05. The predicted octanol–water partition coefficient (Wildman–Crippen LogP) is 3.83. The minimum atomic E-state index is -0.0961. The lowest BCUT2D eigenvalue weighted by molar-refractivity contribution is -0.115. The zero-order valence-corrected chi connectivity index (χ0v) is 17.8. The van der Waals surface area contributed by atoms with E-state index in [0.717, 1.165) is 49.1 Å². The molecule has 1 N–H and O–H groups in total. The fraction of sp³-hybridized carbons (Fsp3) is 0.304. The van der Waals surface area contributed by atoms with Crippen LogP contribution in [0.1, 0.15) is 11.3 Å². The molecule has 7 heteroatoms. The summed E-state index contributed by atoms with van der Waals surface area (Å²) < 4.78 is 10.6. The summed E-state index contributed by atoms with van der Waals surface area (Å²) in [6, 6.07) is 15.8. The number of methoxy groups -OCH3 is 1. The average Bonchev–Trinajstić information content (AvgIpc) is 3.23. The molecule has 1 amide bonds. The van der Waals surface area contributed by atoms with E-state index in [9.17, 15) is 4.79 Å². The van der Waals surface area contributed by atoms with Crippen molar-refractivity contribution in [2.24, 2.45) is 0 Å². The molecule has 1 saturated heterocycles. The molecule has 0 unspecified atom stereocenters. The lowest BCUT2D eigenvalue weighted by atomic mass is 10.1. The van der Waals surface area contributed by atoms with Crippen LogP contribution in [0.5, 0.6) is 5.75 Å². The molecule has 0 spiro atoms. The van der Waals surface area contributed by atoms with Gasteiger partial charge < -0.3 is 14.8 Å². The van der Waals surface area contributed by atoms with Gasteiger partial charge in [-0.3, -0.25) is 9.69 Å². The molecule has 0 atom stereocenters. The van der Waals surface area contributed by atoms with E-state index in [4.69, 9.17) is 9.47 Å². The summed E-state index contributed by atoms with van der Waals surface area (Å²) in [5.41, 5.74) is 3.84. The molecule has 30 heavy (non-hydrogen) atoms. The first-order chi connectivity index (χ1) is 14.7. The number of morpholine rings is 1. The summed E-state index contributed by atoms with van der Waals surface area (Å²) in [6.45, 7) is 4.45. The number of thiazole rings is 1. The number of nitrogens with zero attached hydrogens (tertiary/aromatic N) is 2. The van der Waals surface area contributed by atoms with Gasteiger partial charge in [0.25, 0.3) is 0 Å². The minimum Gasteiger partial charge on any atom is -0.497 e. The molecule has 1 fully saturated rings. The number of hydrogen-bond donors (Lipinski definition) is 1. The first kappa shape index (κ1) is 20.5. The maximum atomic E-state index is 12.4. The van der Waals surface area contributed by atoms with Crippen molar-refractivity contribution in [3.05, 3.63) is 65.2 Å². The van der Waals surface area contributed by atoms with Crippen LogP contribution in [0, 0.1) is 0 Å². The van der Waals surface area contributed by atoms with Crippen molar-refractivity contribution in [2.75, 3.05) is 38.7 Å². The molecule has 1 aliphatic rings. The highest BCUT2D eigenvalue weighted by Crippen LogP contribution is 2.25. The third-order valence-electron chi connectivity index (χ3n) is 4.93. The van der Waals surface area contributed by atoms with Crippen LogP contribution < -0.4 is 10.1 Å². The number of nitrogens with one attached hydrogen (secondary N) is 1. The number of carbonyl (C=O) groups excluding carboxylic acids is 1. The Labute approximate surface area is 180 Å². The maximum Gasteiger partial charge on any atom is 0.230 e. The van der Waals surface area contributed by atoms with E-state index in [-0.39, 0.29) is 12.3 Å². The largest absolute Gasteiger partial charge is 0.497 e. The molecular weight excluding hydrogens is 398 g/mol. The van der Waals surface area contributed by atoms with Crippen molar-refractivity contribution < 1.29 is 14.3 Å². The van der Waals surface area contributed by atoms with E-state index in [0.29, 0.717) is 11.4 Å². The Morgan fingerprint density at radius 3 is 2.87 bits per heavy atom. The molecule has 4 rings (SSSR count). The Hall–Kier alpha value is -2.74. The van der Waals surface area contributed by atoms with Gasteiger partial charge in [-0.25, -0.2) is 4.98 Å². The molecule has 0 aliphatic carbocycles. The van der Waals surface area contributed by atoms with Crippen LogP contribution in [0.2, 0.25) is 0 Å². The Bertz CT molecular complexity index is 999. The van der Waals surface area contributed by atoms with E-state index in [1.807, 2.05) is 23.6 Å². The van der Waals surface area contributed by atoms with Crippen LogP contribution in [-0.2, 0) is 22.5 Å². The Morgan fingerprint density at radius 1 is 1.20 bits per heavy atom. The summed E-state index contributed by atoms with van der Waals surface area (Å²) >= 11 is 1.57. The second kappa shape index (κ2) is 9.84. The molecule has 1 aromatic heterocycles. The van der Waals surface area contributed by atoms with E-state index in [2.05, 4.69) is 39.5 Å².